The Kier molecular flexibility index (Phi) is 7.28. The number of hydrogen-bond acceptors (Lipinski definition) is 4. The first kappa shape index (κ1) is 21.3. The van der Waals surface area contributed by atoms with Gasteiger partial charge in [0.1, 0.15) is 0 Å². The van der Waals surface area contributed by atoms with Gasteiger partial charge in [0, 0.05) is 37.9 Å². The monoisotopic (exact) mass is 415 g/mol. The quantitative estimate of drug-likeness (QED) is 0.647. The summed E-state index contributed by atoms with van der Waals surface area (Å²) in [6.07, 6.45) is 5.40. The highest BCUT2D eigenvalue weighted by atomic mass is 32.2. The van der Waals surface area contributed by atoms with Crippen molar-refractivity contribution in [1.29, 1.82) is 0 Å². The van der Waals surface area contributed by atoms with Gasteiger partial charge in [-0.15, -0.1) is 0 Å². The molecular weight excluding hydrogens is 386 g/mol. The zero-order chi connectivity index (χ0) is 20.7. The maximum Gasteiger partial charge on any atom is 0.240 e. The summed E-state index contributed by atoms with van der Waals surface area (Å²) in [5.74, 6) is -0.192. The van der Waals surface area contributed by atoms with Crippen molar-refractivity contribution in [3.63, 3.8) is 0 Å². The first-order chi connectivity index (χ1) is 13.9. The lowest BCUT2D eigenvalue weighted by atomic mass is 10.1. The minimum Gasteiger partial charge on any atom is -0.372 e. The fraction of sp³-hybridized carbons (Fsp3) is 0.409. The van der Waals surface area contributed by atoms with Crippen molar-refractivity contribution in [1.82, 2.24) is 4.72 Å². The molecule has 0 atom stereocenters. The molecule has 1 saturated heterocycles. The Morgan fingerprint density at radius 1 is 0.966 bits per heavy atom. The van der Waals surface area contributed by atoms with Crippen LogP contribution in [0.15, 0.2) is 53.4 Å². The second-order valence-corrected chi connectivity index (χ2v) is 9.19. The van der Waals surface area contributed by atoms with E-state index < -0.39 is 10.0 Å². The molecule has 0 spiro atoms. The van der Waals surface area contributed by atoms with Crippen molar-refractivity contribution >= 4 is 27.3 Å². The lowest BCUT2D eigenvalue weighted by Crippen LogP contribution is -2.29. The van der Waals surface area contributed by atoms with Crippen LogP contribution < -0.4 is 14.9 Å². The van der Waals surface area contributed by atoms with E-state index in [1.54, 1.807) is 12.1 Å². The normalized spacial score (nSPS) is 14.6. The number of nitrogens with one attached hydrogen (secondary N) is 2. The van der Waals surface area contributed by atoms with Gasteiger partial charge < -0.3 is 10.2 Å². The smallest absolute Gasteiger partial charge is 0.240 e. The largest absolute Gasteiger partial charge is 0.372 e. The van der Waals surface area contributed by atoms with E-state index in [0.29, 0.717) is 12.2 Å². The molecule has 3 rings (SSSR count). The Bertz CT molecular complexity index is 903. The molecule has 1 heterocycles. The molecule has 0 bridgehead atoms. The van der Waals surface area contributed by atoms with Crippen LogP contribution in [0.2, 0.25) is 0 Å². The van der Waals surface area contributed by atoms with E-state index in [-0.39, 0.29) is 10.8 Å². The number of anilines is 2. The molecule has 1 amide bonds. The van der Waals surface area contributed by atoms with Crippen LogP contribution in [0.1, 0.15) is 38.2 Å². The van der Waals surface area contributed by atoms with Crippen LogP contribution in [0.4, 0.5) is 11.4 Å². The lowest BCUT2D eigenvalue weighted by Gasteiger charge is -2.28. The van der Waals surface area contributed by atoms with Gasteiger partial charge >= 0.3 is 0 Å². The van der Waals surface area contributed by atoms with Crippen molar-refractivity contribution in [2.45, 2.75) is 43.9 Å². The summed E-state index contributed by atoms with van der Waals surface area (Å²) in [4.78, 5) is 13.7. The van der Waals surface area contributed by atoms with Gasteiger partial charge in [-0.05, 0) is 74.1 Å². The topological polar surface area (TPSA) is 78.5 Å². The molecule has 2 aromatic rings. The molecular formula is C22H29N3O3S. The molecule has 0 radical (unpaired) electrons. The number of hydrogen-bond donors (Lipinski definition) is 2. The third kappa shape index (κ3) is 6.30. The number of piperidine rings is 1. The SMILES string of the molecule is CC(=O)Nc1ccc(S(=O)(=O)NCCCc2ccc(N3CCCCC3)cc2)cc1. The molecule has 1 aliphatic heterocycles. The summed E-state index contributed by atoms with van der Waals surface area (Å²) in [5.41, 5.74) is 3.06. The molecule has 0 aromatic heterocycles. The number of aryl methyl sites for hydroxylation is 1. The lowest BCUT2D eigenvalue weighted by molar-refractivity contribution is -0.114. The van der Waals surface area contributed by atoms with Crippen molar-refractivity contribution in [2.75, 3.05) is 29.9 Å². The molecule has 0 aliphatic carbocycles. The van der Waals surface area contributed by atoms with E-state index in [2.05, 4.69) is 39.2 Å². The zero-order valence-electron chi connectivity index (χ0n) is 16.9. The number of nitrogens with zero attached hydrogens (tertiary/aromatic N) is 1. The third-order valence-corrected chi connectivity index (χ3v) is 6.55. The van der Waals surface area contributed by atoms with Gasteiger partial charge in [-0.25, -0.2) is 13.1 Å². The zero-order valence-corrected chi connectivity index (χ0v) is 17.7. The summed E-state index contributed by atoms with van der Waals surface area (Å²) >= 11 is 0. The molecule has 2 N–H and O–H groups in total. The minimum absolute atomic E-state index is 0.192. The van der Waals surface area contributed by atoms with Crippen LogP contribution in [0.3, 0.4) is 0 Å². The minimum atomic E-state index is -3.55. The molecule has 6 nitrogen and oxygen atoms in total. The Morgan fingerprint density at radius 3 is 2.24 bits per heavy atom. The van der Waals surface area contributed by atoms with Gasteiger partial charge in [0.05, 0.1) is 4.90 Å². The molecule has 0 unspecified atom stereocenters. The van der Waals surface area contributed by atoms with Gasteiger partial charge in [0.15, 0.2) is 0 Å². The number of sulfonamides is 1. The number of rotatable bonds is 8. The van der Waals surface area contributed by atoms with Crippen LogP contribution in [0.5, 0.6) is 0 Å². The third-order valence-electron chi connectivity index (χ3n) is 5.08. The first-order valence-electron chi connectivity index (χ1n) is 10.2. The number of carbonyl (C=O) groups excluding carboxylic acids is 1. The summed E-state index contributed by atoms with van der Waals surface area (Å²) in [6.45, 7) is 4.05. The average Bonchev–Trinajstić information content (AvgIpc) is 2.72. The highest BCUT2D eigenvalue weighted by molar-refractivity contribution is 7.89. The Labute approximate surface area is 173 Å². The molecule has 0 saturated carbocycles. The van der Waals surface area contributed by atoms with E-state index in [0.717, 1.165) is 25.9 Å². The van der Waals surface area contributed by atoms with Gasteiger partial charge in [-0.2, -0.15) is 0 Å². The summed E-state index contributed by atoms with van der Waals surface area (Å²) in [5, 5.41) is 2.62. The van der Waals surface area contributed by atoms with Gasteiger partial charge in [0.2, 0.25) is 15.9 Å². The van der Waals surface area contributed by atoms with Crippen LogP contribution in [-0.4, -0.2) is 34.0 Å². The molecule has 1 aliphatic rings. The number of carbonyl (C=O) groups is 1. The van der Waals surface area contributed by atoms with Crippen molar-refractivity contribution in [2.24, 2.45) is 0 Å². The summed E-state index contributed by atoms with van der Waals surface area (Å²) < 4.78 is 27.4. The first-order valence-corrected chi connectivity index (χ1v) is 11.6. The molecule has 156 valence electrons. The summed E-state index contributed by atoms with van der Waals surface area (Å²) in [7, 11) is -3.55. The fourth-order valence-corrected chi connectivity index (χ4v) is 4.60. The van der Waals surface area contributed by atoms with Gasteiger partial charge in [-0.3, -0.25) is 4.79 Å². The molecule has 7 heteroatoms. The molecule has 1 fully saturated rings. The van der Waals surface area contributed by atoms with Gasteiger partial charge in [0.25, 0.3) is 0 Å². The number of benzene rings is 2. The predicted octanol–water partition coefficient (Wildman–Crippen LogP) is 3.55. The predicted molar refractivity (Wildman–Crippen MR) is 117 cm³/mol. The van der Waals surface area contributed by atoms with Crippen LogP contribution in [-0.2, 0) is 21.2 Å². The van der Waals surface area contributed by atoms with E-state index in [9.17, 15) is 13.2 Å². The highest BCUT2D eigenvalue weighted by Gasteiger charge is 2.13. The van der Waals surface area contributed by atoms with Gasteiger partial charge in [-0.1, -0.05) is 12.1 Å². The molecule has 29 heavy (non-hydrogen) atoms. The Balaban J connectivity index is 1.46. The van der Waals surface area contributed by atoms with E-state index >= 15 is 0 Å². The van der Waals surface area contributed by atoms with Crippen LogP contribution >= 0.6 is 0 Å². The second kappa shape index (κ2) is 9.89. The number of amides is 1. The van der Waals surface area contributed by atoms with E-state index in [1.165, 1.54) is 49.6 Å². The van der Waals surface area contributed by atoms with Crippen LogP contribution in [0.25, 0.3) is 0 Å². The van der Waals surface area contributed by atoms with Crippen molar-refractivity contribution in [3.05, 3.63) is 54.1 Å². The van der Waals surface area contributed by atoms with E-state index in [4.69, 9.17) is 0 Å². The summed E-state index contributed by atoms with van der Waals surface area (Å²) in [6, 6.07) is 14.8. The molecule has 2 aromatic carbocycles. The van der Waals surface area contributed by atoms with Crippen molar-refractivity contribution in [3.8, 4) is 0 Å². The maximum absolute atomic E-state index is 12.4. The highest BCUT2D eigenvalue weighted by Crippen LogP contribution is 2.20. The standard InChI is InChI=1S/C22H29N3O3S/c1-18(26)24-20-9-13-22(14-10-20)29(27,28)23-15-5-6-19-7-11-21(12-8-19)25-16-3-2-4-17-25/h7-14,23H,2-6,15-17H2,1H3,(H,24,26). The van der Waals surface area contributed by atoms with E-state index in [1.807, 2.05) is 0 Å². The Morgan fingerprint density at radius 2 is 1.62 bits per heavy atom. The van der Waals surface area contributed by atoms with Crippen molar-refractivity contribution < 1.29 is 13.2 Å². The fourth-order valence-electron chi connectivity index (χ4n) is 3.53. The second-order valence-electron chi connectivity index (χ2n) is 7.42. The maximum atomic E-state index is 12.4. The Hall–Kier alpha value is -2.38. The van der Waals surface area contributed by atoms with Crippen LogP contribution in [0, 0.1) is 0 Å². The average molecular weight is 416 g/mol.